The third-order valence-electron chi connectivity index (χ3n) is 3.99. The number of anilines is 1. The van der Waals surface area contributed by atoms with Gasteiger partial charge in [-0.25, -0.2) is 0 Å². The molecule has 0 radical (unpaired) electrons. The number of hydrogen-bond acceptors (Lipinski definition) is 5. The number of amides is 1. The number of rotatable bonds is 8. The number of thiophene rings is 1. The van der Waals surface area contributed by atoms with Gasteiger partial charge in [0.05, 0.1) is 5.75 Å². The van der Waals surface area contributed by atoms with Gasteiger partial charge in [-0.15, -0.1) is 23.1 Å². The van der Waals surface area contributed by atoms with Crippen molar-refractivity contribution >= 4 is 40.7 Å². The van der Waals surface area contributed by atoms with E-state index in [9.17, 15) is 9.59 Å². The number of hydrogen-bond donors (Lipinski definition) is 1. The second-order valence-electron chi connectivity index (χ2n) is 6.11. The summed E-state index contributed by atoms with van der Waals surface area (Å²) in [7, 11) is 0. The Labute approximate surface area is 172 Å². The molecule has 0 bridgehead atoms. The lowest BCUT2D eigenvalue weighted by molar-refractivity contribution is -0.150. The molecule has 0 aliphatic carbocycles. The van der Waals surface area contributed by atoms with Crippen molar-refractivity contribution in [3.63, 3.8) is 0 Å². The summed E-state index contributed by atoms with van der Waals surface area (Å²) >= 11 is 3.14. The minimum Gasteiger partial charge on any atom is -0.452 e. The standard InChI is InChI=1S/C22H21NO3S2/c1-16(26-21(24)15-27-14-18-10-7-13-28-18)22(25)23-20-12-6-5-11-19(20)17-8-3-2-4-9-17/h2-13,16H,14-15H2,1H3,(H,23,25)/t16-/m0/s1. The summed E-state index contributed by atoms with van der Waals surface area (Å²) in [5, 5.41) is 4.88. The number of para-hydroxylation sites is 1. The number of thioether (sulfide) groups is 1. The van der Waals surface area contributed by atoms with E-state index in [4.69, 9.17) is 4.74 Å². The fourth-order valence-corrected chi connectivity index (χ4v) is 4.26. The minimum atomic E-state index is -0.862. The zero-order valence-corrected chi connectivity index (χ0v) is 17.1. The SMILES string of the molecule is C[C@H](OC(=O)CSCc1cccs1)C(=O)Nc1ccccc1-c1ccccc1. The van der Waals surface area contributed by atoms with Gasteiger partial charge in [-0.05, 0) is 30.0 Å². The summed E-state index contributed by atoms with van der Waals surface area (Å²) in [5.41, 5.74) is 2.61. The molecular formula is C22H21NO3S2. The second kappa shape index (κ2) is 10.1. The number of ether oxygens (including phenoxy) is 1. The normalized spacial score (nSPS) is 11.6. The Morgan fingerprint density at radius 1 is 1.04 bits per heavy atom. The van der Waals surface area contributed by atoms with Crippen molar-refractivity contribution in [2.75, 3.05) is 11.1 Å². The molecule has 0 spiro atoms. The smallest absolute Gasteiger partial charge is 0.316 e. The predicted molar refractivity (Wildman–Crippen MR) is 117 cm³/mol. The van der Waals surface area contributed by atoms with E-state index >= 15 is 0 Å². The van der Waals surface area contributed by atoms with Crippen LogP contribution in [0.25, 0.3) is 11.1 Å². The van der Waals surface area contributed by atoms with Gasteiger partial charge < -0.3 is 10.1 Å². The van der Waals surface area contributed by atoms with Gasteiger partial charge in [0.2, 0.25) is 0 Å². The van der Waals surface area contributed by atoms with Gasteiger partial charge in [-0.2, -0.15) is 0 Å². The Morgan fingerprint density at radius 2 is 1.79 bits per heavy atom. The summed E-state index contributed by atoms with van der Waals surface area (Å²) < 4.78 is 5.28. The molecule has 3 rings (SSSR count). The maximum Gasteiger partial charge on any atom is 0.316 e. The van der Waals surface area contributed by atoms with Gasteiger partial charge in [0.15, 0.2) is 6.10 Å². The summed E-state index contributed by atoms with van der Waals surface area (Å²) in [6, 6.07) is 21.4. The van der Waals surface area contributed by atoms with Crippen LogP contribution in [0.2, 0.25) is 0 Å². The Morgan fingerprint density at radius 3 is 2.54 bits per heavy atom. The van der Waals surface area contributed by atoms with E-state index in [2.05, 4.69) is 5.32 Å². The van der Waals surface area contributed by atoms with Crippen molar-refractivity contribution in [1.82, 2.24) is 0 Å². The Bertz CT molecular complexity index is 911. The Hall–Kier alpha value is -2.57. The molecule has 3 aromatic rings. The van der Waals surface area contributed by atoms with Crippen LogP contribution in [0.4, 0.5) is 5.69 Å². The lowest BCUT2D eigenvalue weighted by atomic mass is 10.0. The summed E-state index contributed by atoms with van der Waals surface area (Å²) in [6.07, 6.45) is -0.862. The summed E-state index contributed by atoms with van der Waals surface area (Å²) in [6.45, 7) is 1.59. The summed E-state index contributed by atoms with van der Waals surface area (Å²) in [4.78, 5) is 25.7. The van der Waals surface area contributed by atoms with Crippen molar-refractivity contribution in [1.29, 1.82) is 0 Å². The van der Waals surface area contributed by atoms with E-state index in [0.717, 1.165) is 16.9 Å². The molecule has 1 atom stereocenters. The molecule has 1 aromatic heterocycles. The van der Waals surface area contributed by atoms with Gasteiger partial charge in [0.25, 0.3) is 5.91 Å². The third kappa shape index (κ3) is 5.71. The highest BCUT2D eigenvalue weighted by atomic mass is 32.2. The first-order valence-corrected chi connectivity index (χ1v) is 10.9. The molecule has 1 N–H and O–H groups in total. The second-order valence-corrected chi connectivity index (χ2v) is 8.12. The first kappa shape index (κ1) is 20.2. The molecule has 4 nitrogen and oxygen atoms in total. The van der Waals surface area contributed by atoms with Crippen molar-refractivity contribution in [3.8, 4) is 11.1 Å². The average molecular weight is 412 g/mol. The molecule has 1 amide bonds. The zero-order valence-electron chi connectivity index (χ0n) is 15.5. The van der Waals surface area contributed by atoms with Gasteiger partial charge in [0.1, 0.15) is 0 Å². The molecular weight excluding hydrogens is 390 g/mol. The van der Waals surface area contributed by atoms with Crippen molar-refractivity contribution in [2.24, 2.45) is 0 Å². The van der Waals surface area contributed by atoms with Crippen LogP contribution in [0.3, 0.4) is 0 Å². The molecule has 28 heavy (non-hydrogen) atoms. The largest absolute Gasteiger partial charge is 0.452 e. The quantitative estimate of drug-likeness (QED) is 0.517. The van der Waals surface area contributed by atoms with E-state index in [1.165, 1.54) is 16.6 Å². The fourth-order valence-electron chi connectivity index (χ4n) is 2.61. The summed E-state index contributed by atoms with van der Waals surface area (Å²) in [5.74, 6) is 0.244. The van der Waals surface area contributed by atoms with E-state index in [1.807, 2.05) is 72.1 Å². The van der Waals surface area contributed by atoms with Crippen LogP contribution >= 0.6 is 23.1 Å². The number of carbonyl (C=O) groups excluding carboxylic acids is 2. The number of nitrogens with one attached hydrogen (secondary N) is 1. The maximum absolute atomic E-state index is 12.5. The number of carbonyl (C=O) groups is 2. The van der Waals surface area contributed by atoms with Crippen molar-refractivity contribution in [2.45, 2.75) is 18.8 Å². The molecule has 0 saturated heterocycles. The highest BCUT2D eigenvalue weighted by Crippen LogP contribution is 2.27. The van der Waals surface area contributed by atoms with Gasteiger partial charge in [-0.3, -0.25) is 9.59 Å². The molecule has 0 aliphatic heterocycles. The lowest BCUT2D eigenvalue weighted by Gasteiger charge is -2.15. The first-order valence-electron chi connectivity index (χ1n) is 8.88. The fraction of sp³-hybridized carbons (Fsp3) is 0.182. The van der Waals surface area contributed by atoms with Crippen molar-refractivity contribution in [3.05, 3.63) is 77.0 Å². The Balaban J connectivity index is 1.54. The van der Waals surface area contributed by atoms with Crippen LogP contribution in [0.1, 0.15) is 11.8 Å². The predicted octanol–water partition coefficient (Wildman–Crippen LogP) is 5.22. The van der Waals surface area contributed by atoms with Crippen LogP contribution in [0.15, 0.2) is 72.1 Å². The van der Waals surface area contributed by atoms with Crippen LogP contribution in [-0.4, -0.2) is 23.7 Å². The van der Waals surface area contributed by atoms with E-state index < -0.39 is 6.10 Å². The maximum atomic E-state index is 12.5. The highest BCUT2D eigenvalue weighted by Gasteiger charge is 2.19. The number of benzene rings is 2. The molecule has 0 aliphatic rings. The van der Waals surface area contributed by atoms with E-state index in [0.29, 0.717) is 5.69 Å². The molecule has 0 saturated carbocycles. The zero-order chi connectivity index (χ0) is 19.8. The highest BCUT2D eigenvalue weighted by molar-refractivity contribution is 7.99. The molecule has 6 heteroatoms. The third-order valence-corrected chi connectivity index (χ3v) is 6.01. The molecule has 144 valence electrons. The van der Waals surface area contributed by atoms with Gasteiger partial charge >= 0.3 is 5.97 Å². The lowest BCUT2D eigenvalue weighted by Crippen LogP contribution is -2.30. The van der Waals surface area contributed by atoms with Gasteiger partial charge in [0, 0.05) is 21.9 Å². The average Bonchev–Trinajstić information content (AvgIpc) is 3.22. The minimum absolute atomic E-state index is 0.218. The van der Waals surface area contributed by atoms with Crippen LogP contribution < -0.4 is 5.32 Å². The molecule has 1 heterocycles. The monoisotopic (exact) mass is 411 g/mol. The molecule has 0 unspecified atom stereocenters. The topological polar surface area (TPSA) is 55.4 Å². The molecule has 2 aromatic carbocycles. The van der Waals surface area contributed by atoms with Gasteiger partial charge in [-0.1, -0.05) is 54.6 Å². The first-order chi connectivity index (χ1) is 13.6. The van der Waals surface area contributed by atoms with E-state index in [1.54, 1.807) is 18.3 Å². The number of esters is 1. The van der Waals surface area contributed by atoms with Crippen LogP contribution in [0, 0.1) is 0 Å². The molecule has 0 fully saturated rings. The van der Waals surface area contributed by atoms with Crippen LogP contribution in [0.5, 0.6) is 0 Å². The van der Waals surface area contributed by atoms with Crippen LogP contribution in [-0.2, 0) is 20.1 Å². The Kier molecular flexibility index (Phi) is 7.28. The van der Waals surface area contributed by atoms with Crippen molar-refractivity contribution < 1.29 is 14.3 Å². The van der Waals surface area contributed by atoms with E-state index in [-0.39, 0.29) is 17.6 Å².